The highest BCUT2D eigenvalue weighted by atomic mass is 79.9. The molecule has 0 aliphatic carbocycles. The van der Waals surface area contributed by atoms with Crippen LogP contribution in [0.4, 0.5) is 10.5 Å². The van der Waals surface area contributed by atoms with Crippen molar-refractivity contribution in [2.24, 2.45) is 0 Å². The molecule has 1 saturated heterocycles. The third-order valence-electron chi connectivity index (χ3n) is 5.44. The van der Waals surface area contributed by atoms with Gasteiger partial charge in [-0.2, -0.15) is 0 Å². The maximum absolute atomic E-state index is 13.3. The number of halogens is 3. The van der Waals surface area contributed by atoms with Crippen LogP contribution in [0.15, 0.2) is 69.1 Å². The zero-order valence-electron chi connectivity index (χ0n) is 19.1. The Labute approximate surface area is 229 Å². The molecule has 0 saturated carbocycles. The molecule has 1 fully saturated rings. The van der Waals surface area contributed by atoms with Crippen LogP contribution in [0, 0.1) is 6.92 Å². The van der Waals surface area contributed by atoms with Crippen molar-refractivity contribution >= 4 is 73.1 Å². The van der Waals surface area contributed by atoms with Crippen LogP contribution in [0.1, 0.15) is 16.7 Å². The molecule has 0 aromatic heterocycles. The Morgan fingerprint density at radius 1 is 1.06 bits per heavy atom. The van der Waals surface area contributed by atoms with Crippen LogP contribution in [-0.4, -0.2) is 25.0 Å². The van der Waals surface area contributed by atoms with Gasteiger partial charge in [-0.25, -0.2) is 9.69 Å². The molecule has 0 atom stereocenters. The van der Waals surface area contributed by atoms with Crippen LogP contribution in [-0.2, 0) is 16.2 Å². The summed E-state index contributed by atoms with van der Waals surface area (Å²) in [7, 11) is 1.49. The number of methoxy groups -OCH3 is 1. The molecule has 0 radical (unpaired) electrons. The maximum Gasteiger partial charge on any atom is 0.335 e. The highest BCUT2D eigenvalue weighted by Crippen LogP contribution is 2.38. The number of barbiturate groups is 1. The molecule has 1 aliphatic heterocycles. The average Bonchev–Trinajstić information content (AvgIpc) is 2.84. The lowest BCUT2D eigenvalue weighted by Gasteiger charge is -2.27. The molecule has 0 bridgehead atoms. The number of ether oxygens (including phenoxy) is 2. The monoisotopic (exact) mass is 632 g/mol. The Morgan fingerprint density at radius 3 is 2.47 bits per heavy atom. The summed E-state index contributed by atoms with van der Waals surface area (Å²) in [6.07, 6.45) is 1.39. The molecule has 1 N–H and O–H groups in total. The molecule has 1 aliphatic rings. The van der Waals surface area contributed by atoms with Crippen molar-refractivity contribution in [1.82, 2.24) is 5.32 Å². The van der Waals surface area contributed by atoms with Crippen molar-refractivity contribution in [2.75, 3.05) is 12.0 Å². The normalized spacial score (nSPS) is 14.8. The zero-order valence-corrected chi connectivity index (χ0v) is 23.0. The molecule has 0 spiro atoms. The second-order valence-corrected chi connectivity index (χ2v) is 9.97. The molecule has 1 heterocycles. The Kier molecular flexibility index (Phi) is 7.82. The number of carbonyl (C=O) groups is 3. The number of hydrogen-bond acceptors (Lipinski definition) is 5. The Hall–Kier alpha value is -3.14. The van der Waals surface area contributed by atoms with E-state index in [1.54, 1.807) is 37.3 Å². The predicted molar refractivity (Wildman–Crippen MR) is 144 cm³/mol. The van der Waals surface area contributed by atoms with Gasteiger partial charge < -0.3 is 9.47 Å². The minimum atomic E-state index is -0.844. The van der Waals surface area contributed by atoms with E-state index in [9.17, 15) is 14.4 Å². The molecule has 184 valence electrons. The van der Waals surface area contributed by atoms with Gasteiger partial charge in [0.25, 0.3) is 11.8 Å². The Bertz CT molecular complexity index is 1410. The number of amides is 4. The quantitative estimate of drug-likeness (QED) is 0.250. The van der Waals surface area contributed by atoms with E-state index < -0.39 is 17.8 Å². The van der Waals surface area contributed by atoms with Crippen LogP contribution in [0.25, 0.3) is 6.08 Å². The highest BCUT2D eigenvalue weighted by molar-refractivity contribution is 9.10. The number of carbonyl (C=O) groups excluding carboxylic acids is 3. The summed E-state index contributed by atoms with van der Waals surface area (Å²) in [5.74, 6) is -0.699. The van der Waals surface area contributed by atoms with Crippen LogP contribution in [0.2, 0.25) is 5.02 Å². The van der Waals surface area contributed by atoms with E-state index in [2.05, 4.69) is 37.2 Å². The highest BCUT2D eigenvalue weighted by Gasteiger charge is 2.37. The first kappa shape index (κ1) is 25.9. The lowest BCUT2D eigenvalue weighted by molar-refractivity contribution is -0.122. The summed E-state index contributed by atoms with van der Waals surface area (Å²) >= 11 is 13.1. The molecule has 4 amide bonds. The molecular formula is C26H19Br2ClN2O5. The molecule has 36 heavy (non-hydrogen) atoms. The van der Waals surface area contributed by atoms with Gasteiger partial charge in [-0.15, -0.1) is 0 Å². The summed E-state index contributed by atoms with van der Waals surface area (Å²) in [6, 6.07) is 15.1. The second kappa shape index (κ2) is 10.9. The standard InChI is InChI=1S/C26H19Br2ClN2O5/c1-14-20(29)4-3-5-21(14)31-25(33)18(24(32)30-26(31)34)10-16-11-19(28)23(22(12-16)35-2)36-13-15-6-8-17(27)9-7-15/h3-12H,13H2,1-2H3,(H,30,32,34)/b18-10+. The van der Waals surface area contributed by atoms with E-state index in [1.807, 2.05) is 24.3 Å². The molecule has 3 aromatic carbocycles. The summed E-state index contributed by atoms with van der Waals surface area (Å²) in [5.41, 5.74) is 2.06. The smallest absolute Gasteiger partial charge is 0.335 e. The lowest BCUT2D eigenvalue weighted by atomic mass is 10.1. The van der Waals surface area contributed by atoms with Gasteiger partial charge in [-0.1, -0.05) is 45.7 Å². The number of rotatable bonds is 6. The topological polar surface area (TPSA) is 84.9 Å². The van der Waals surface area contributed by atoms with Crippen LogP contribution < -0.4 is 19.7 Å². The van der Waals surface area contributed by atoms with Crippen molar-refractivity contribution in [3.05, 3.63) is 90.8 Å². The summed E-state index contributed by atoms with van der Waals surface area (Å²) < 4.78 is 13.0. The molecule has 3 aromatic rings. The van der Waals surface area contributed by atoms with E-state index in [-0.39, 0.29) is 5.57 Å². The fourth-order valence-electron chi connectivity index (χ4n) is 3.58. The van der Waals surface area contributed by atoms with E-state index in [0.717, 1.165) is 14.9 Å². The number of anilines is 1. The van der Waals surface area contributed by atoms with Gasteiger partial charge in [0.15, 0.2) is 11.5 Å². The van der Waals surface area contributed by atoms with Gasteiger partial charge in [0.05, 0.1) is 17.3 Å². The fraction of sp³-hybridized carbons (Fsp3) is 0.115. The van der Waals surface area contributed by atoms with Crippen molar-refractivity contribution < 1.29 is 23.9 Å². The summed E-state index contributed by atoms with van der Waals surface area (Å²) in [5, 5.41) is 2.61. The lowest BCUT2D eigenvalue weighted by Crippen LogP contribution is -2.54. The minimum absolute atomic E-state index is 0.216. The van der Waals surface area contributed by atoms with Gasteiger partial charge in [0.1, 0.15) is 12.2 Å². The predicted octanol–water partition coefficient (Wildman–Crippen LogP) is 6.43. The second-order valence-electron chi connectivity index (χ2n) is 7.79. The summed E-state index contributed by atoms with van der Waals surface area (Å²) in [6.45, 7) is 1.99. The van der Waals surface area contributed by atoms with Crippen molar-refractivity contribution in [1.29, 1.82) is 0 Å². The van der Waals surface area contributed by atoms with E-state index in [1.165, 1.54) is 13.2 Å². The molecule has 10 heteroatoms. The van der Waals surface area contributed by atoms with Crippen LogP contribution in [0.3, 0.4) is 0 Å². The molecule has 7 nitrogen and oxygen atoms in total. The van der Waals surface area contributed by atoms with Crippen LogP contribution in [0.5, 0.6) is 11.5 Å². The molecule has 0 unspecified atom stereocenters. The first-order valence-electron chi connectivity index (χ1n) is 10.6. The Balaban J connectivity index is 1.66. The minimum Gasteiger partial charge on any atom is -0.493 e. The molecular weight excluding hydrogens is 616 g/mol. The summed E-state index contributed by atoms with van der Waals surface area (Å²) in [4.78, 5) is 39.3. The zero-order chi connectivity index (χ0) is 26.0. The fourth-order valence-corrected chi connectivity index (χ4v) is 4.59. The first-order valence-corrected chi connectivity index (χ1v) is 12.6. The van der Waals surface area contributed by atoms with E-state index in [0.29, 0.717) is 44.4 Å². The largest absolute Gasteiger partial charge is 0.493 e. The van der Waals surface area contributed by atoms with Gasteiger partial charge in [-0.05, 0) is 82.0 Å². The number of imide groups is 2. The number of urea groups is 1. The number of benzene rings is 3. The first-order chi connectivity index (χ1) is 17.2. The van der Waals surface area contributed by atoms with Gasteiger partial charge >= 0.3 is 6.03 Å². The van der Waals surface area contributed by atoms with Gasteiger partial charge in [0.2, 0.25) is 0 Å². The molecule has 4 rings (SSSR count). The average molecular weight is 635 g/mol. The SMILES string of the molecule is COc1cc(/C=C2\C(=O)NC(=O)N(c3cccc(Cl)c3C)C2=O)cc(Br)c1OCc1ccc(Br)cc1. The number of nitrogens with zero attached hydrogens (tertiary/aromatic N) is 1. The number of nitrogens with one attached hydrogen (secondary N) is 1. The van der Waals surface area contributed by atoms with Crippen molar-refractivity contribution in [3.8, 4) is 11.5 Å². The Morgan fingerprint density at radius 2 is 1.78 bits per heavy atom. The van der Waals surface area contributed by atoms with Crippen molar-refractivity contribution in [2.45, 2.75) is 13.5 Å². The van der Waals surface area contributed by atoms with E-state index >= 15 is 0 Å². The third kappa shape index (κ3) is 5.33. The number of hydrogen-bond donors (Lipinski definition) is 1. The van der Waals surface area contributed by atoms with Gasteiger partial charge in [0, 0.05) is 9.50 Å². The van der Waals surface area contributed by atoms with E-state index in [4.69, 9.17) is 21.1 Å². The van der Waals surface area contributed by atoms with Crippen LogP contribution >= 0.6 is 43.5 Å². The van der Waals surface area contributed by atoms with Gasteiger partial charge in [-0.3, -0.25) is 14.9 Å². The van der Waals surface area contributed by atoms with Crippen molar-refractivity contribution in [3.63, 3.8) is 0 Å². The maximum atomic E-state index is 13.3. The third-order valence-corrected chi connectivity index (χ3v) is 6.97.